The van der Waals surface area contributed by atoms with Crippen LogP contribution in [0.25, 0.3) is 17.1 Å². The summed E-state index contributed by atoms with van der Waals surface area (Å²) in [5.74, 6) is 0.683. The topological polar surface area (TPSA) is 92.4 Å². The number of phenols is 1. The maximum atomic E-state index is 12.7. The molecular weight excluding hydrogens is 577 g/mol. The van der Waals surface area contributed by atoms with E-state index in [1.807, 2.05) is 41.0 Å². The van der Waals surface area contributed by atoms with E-state index in [1.54, 1.807) is 30.5 Å². The van der Waals surface area contributed by atoms with E-state index in [0.29, 0.717) is 26.8 Å². The largest absolute Gasteiger partial charge is 0.507 e. The molecule has 0 aliphatic rings. The van der Waals surface area contributed by atoms with Gasteiger partial charge in [0.25, 0.3) is 5.91 Å². The lowest BCUT2D eigenvalue weighted by Crippen LogP contribution is -2.20. The van der Waals surface area contributed by atoms with Crippen molar-refractivity contribution >= 4 is 47.1 Å². The molecule has 1 amide bonds. The molecule has 0 aliphatic carbocycles. The third-order valence-corrected chi connectivity index (χ3v) is 7.74. The highest BCUT2D eigenvalue weighted by atomic mass is 35.5. The van der Waals surface area contributed by atoms with Crippen molar-refractivity contribution in [1.82, 2.24) is 20.2 Å². The van der Waals surface area contributed by atoms with Crippen molar-refractivity contribution in [2.24, 2.45) is 5.10 Å². The molecule has 1 aromatic heterocycles. The summed E-state index contributed by atoms with van der Waals surface area (Å²) in [6.45, 7) is 12.3. The van der Waals surface area contributed by atoms with E-state index in [4.69, 9.17) is 23.2 Å². The second-order valence-electron chi connectivity index (χ2n) is 11.7. The van der Waals surface area contributed by atoms with Crippen molar-refractivity contribution in [3.63, 3.8) is 0 Å². The van der Waals surface area contributed by atoms with E-state index in [0.717, 1.165) is 27.9 Å². The predicted octanol–water partition coefficient (Wildman–Crippen LogP) is 7.78. The number of carbonyl (C=O) groups is 1. The fourth-order valence-electron chi connectivity index (χ4n) is 4.19. The van der Waals surface area contributed by atoms with Crippen LogP contribution in [-0.4, -0.2) is 37.7 Å². The summed E-state index contributed by atoms with van der Waals surface area (Å²) in [7, 11) is 0. The van der Waals surface area contributed by atoms with Crippen LogP contribution in [0.4, 0.5) is 0 Å². The summed E-state index contributed by atoms with van der Waals surface area (Å²) in [5, 5.41) is 25.6. The summed E-state index contributed by atoms with van der Waals surface area (Å²) >= 11 is 13.4. The van der Waals surface area contributed by atoms with Crippen molar-refractivity contribution in [2.75, 3.05) is 5.75 Å². The van der Waals surface area contributed by atoms with Crippen LogP contribution < -0.4 is 5.43 Å². The monoisotopic (exact) mass is 609 g/mol. The number of halogens is 2. The summed E-state index contributed by atoms with van der Waals surface area (Å²) in [6.07, 6.45) is 1.60. The van der Waals surface area contributed by atoms with Crippen molar-refractivity contribution in [3.05, 3.63) is 87.4 Å². The molecule has 7 nitrogen and oxygen atoms in total. The Balaban J connectivity index is 1.52. The summed E-state index contributed by atoms with van der Waals surface area (Å²) < 4.78 is 1.87. The number of amides is 1. The van der Waals surface area contributed by atoms with Crippen LogP contribution in [0.2, 0.25) is 10.0 Å². The Morgan fingerprint density at radius 1 is 0.927 bits per heavy atom. The van der Waals surface area contributed by atoms with E-state index in [1.165, 1.54) is 11.8 Å². The number of aromatic nitrogens is 3. The van der Waals surface area contributed by atoms with E-state index in [2.05, 4.69) is 62.3 Å². The van der Waals surface area contributed by atoms with E-state index < -0.39 is 0 Å². The van der Waals surface area contributed by atoms with Gasteiger partial charge in [-0.15, -0.1) is 10.2 Å². The Morgan fingerprint density at radius 2 is 1.46 bits per heavy atom. The van der Waals surface area contributed by atoms with E-state index in [9.17, 15) is 9.90 Å². The van der Waals surface area contributed by atoms with Gasteiger partial charge in [-0.3, -0.25) is 9.36 Å². The van der Waals surface area contributed by atoms with Crippen LogP contribution in [0.1, 0.15) is 58.2 Å². The lowest BCUT2D eigenvalue weighted by molar-refractivity contribution is -0.118. The fourth-order valence-corrected chi connectivity index (χ4v) is 5.18. The van der Waals surface area contributed by atoms with Crippen LogP contribution in [0.15, 0.2) is 70.9 Å². The molecule has 3 aromatic carbocycles. The van der Waals surface area contributed by atoms with Crippen LogP contribution >= 0.6 is 35.0 Å². The molecule has 0 radical (unpaired) electrons. The lowest BCUT2D eigenvalue weighted by atomic mass is 9.78. The quantitative estimate of drug-likeness (QED) is 0.127. The average molecular weight is 611 g/mol. The predicted molar refractivity (Wildman–Crippen MR) is 169 cm³/mol. The Labute approximate surface area is 255 Å². The zero-order valence-corrected chi connectivity index (χ0v) is 26.2. The van der Waals surface area contributed by atoms with Gasteiger partial charge in [-0.1, -0.05) is 76.5 Å². The number of hydrazone groups is 1. The first-order valence-corrected chi connectivity index (χ1v) is 14.8. The molecule has 0 spiro atoms. The number of benzene rings is 3. The highest BCUT2D eigenvalue weighted by Crippen LogP contribution is 2.39. The first-order valence-electron chi connectivity index (χ1n) is 13.0. The molecule has 214 valence electrons. The number of carbonyl (C=O) groups excluding carboxylic acids is 1. The van der Waals surface area contributed by atoms with Crippen LogP contribution in [0.3, 0.4) is 0 Å². The fraction of sp³-hybridized carbons (Fsp3) is 0.290. The smallest absolute Gasteiger partial charge is 0.250 e. The van der Waals surface area contributed by atoms with Gasteiger partial charge in [0.05, 0.1) is 12.0 Å². The van der Waals surface area contributed by atoms with Crippen molar-refractivity contribution in [3.8, 4) is 22.8 Å². The number of phenolic OH excluding ortho intramolecular Hbond substituents is 1. The molecule has 4 rings (SSSR count). The number of nitrogens with one attached hydrogen (secondary N) is 1. The number of thioether (sulfide) groups is 1. The van der Waals surface area contributed by atoms with Crippen molar-refractivity contribution in [2.45, 2.75) is 57.5 Å². The number of nitrogens with zero attached hydrogens (tertiary/aromatic N) is 4. The molecular formula is C31H33Cl2N5O2S. The van der Waals surface area contributed by atoms with Gasteiger partial charge >= 0.3 is 0 Å². The number of rotatable bonds is 7. The van der Waals surface area contributed by atoms with Crippen LogP contribution in [0.5, 0.6) is 5.75 Å². The highest BCUT2D eigenvalue weighted by Gasteiger charge is 2.26. The van der Waals surface area contributed by atoms with Gasteiger partial charge in [0.2, 0.25) is 0 Å². The minimum absolute atomic E-state index is 0.0692. The molecule has 0 saturated heterocycles. The Kier molecular flexibility index (Phi) is 9.16. The minimum atomic E-state index is -0.296. The molecule has 1 heterocycles. The maximum Gasteiger partial charge on any atom is 0.250 e. The molecule has 0 aliphatic heterocycles. The minimum Gasteiger partial charge on any atom is -0.507 e. The second-order valence-corrected chi connectivity index (χ2v) is 13.5. The normalized spacial score (nSPS) is 12.2. The SMILES string of the molecule is CC(C)(C)c1cc(/C=N/NC(=O)CSc2nnc(-c3ccc(Cl)cc3)n2-c2ccc(Cl)cc2)cc(C(C)(C)C)c1O. The maximum absolute atomic E-state index is 12.7. The molecule has 10 heteroatoms. The number of hydrogen-bond donors (Lipinski definition) is 2. The lowest BCUT2D eigenvalue weighted by Gasteiger charge is -2.27. The van der Waals surface area contributed by atoms with E-state index >= 15 is 0 Å². The first-order chi connectivity index (χ1) is 19.2. The zero-order chi connectivity index (χ0) is 29.9. The molecule has 0 bridgehead atoms. The van der Waals surface area contributed by atoms with Gasteiger partial charge in [-0.25, -0.2) is 5.43 Å². The van der Waals surface area contributed by atoms with E-state index in [-0.39, 0.29) is 22.5 Å². The summed E-state index contributed by atoms with van der Waals surface area (Å²) in [6, 6.07) is 18.4. The number of hydrogen-bond acceptors (Lipinski definition) is 6. The van der Waals surface area contributed by atoms with Crippen LogP contribution in [0, 0.1) is 0 Å². The van der Waals surface area contributed by atoms with Gasteiger partial charge in [-0.05, 0) is 77.1 Å². The molecule has 2 N–H and O–H groups in total. The van der Waals surface area contributed by atoms with Gasteiger partial charge in [0.1, 0.15) is 5.75 Å². The van der Waals surface area contributed by atoms with Crippen molar-refractivity contribution < 1.29 is 9.90 Å². The molecule has 4 aromatic rings. The Hall–Kier alpha value is -3.33. The molecule has 0 unspecified atom stereocenters. The standard InChI is InChI=1S/C31H33Cl2N5O2S/c1-30(2,3)24-15-19(16-25(27(24)40)31(4,5)6)17-34-35-26(39)18-41-29-37-36-28(20-7-9-21(32)10-8-20)38(29)23-13-11-22(33)12-14-23/h7-17,40H,18H2,1-6H3,(H,35,39)/b34-17+. The van der Waals surface area contributed by atoms with Gasteiger partial charge < -0.3 is 5.11 Å². The summed E-state index contributed by atoms with van der Waals surface area (Å²) in [4.78, 5) is 12.7. The zero-order valence-electron chi connectivity index (χ0n) is 23.9. The average Bonchev–Trinajstić information content (AvgIpc) is 3.31. The van der Waals surface area contributed by atoms with Gasteiger partial charge in [0.15, 0.2) is 11.0 Å². The molecule has 0 atom stereocenters. The van der Waals surface area contributed by atoms with Crippen LogP contribution in [-0.2, 0) is 15.6 Å². The molecule has 41 heavy (non-hydrogen) atoms. The van der Waals surface area contributed by atoms with Gasteiger partial charge in [0, 0.05) is 32.4 Å². The Morgan fingerprint density at radius 3 is 2.00 bits per heavy atom. The summed E-state index contributed by atoms with van der Waals surface area (Å²) in [5.41, 5.74) is 6.15. The van der Waals surface area contributed by atoms with Crippen molar-refractivity contribution in [1.29, 1.82) is 0 Å². The Bertz CT molecular complexity index is 1530. The third kappa shape index (κ3) is 7.50. The van der Waals surface area contributed by atoms with Gasteiger partial charge in [-0.2, -0.15) is 5.10 Å². The first kappa shape index (κ1) is 30.6. The molecule has 0 fully saturated rings. The molecule has 0 saturated carbocycles. The number of aromatic hydroxyl groups is 1. The third-order valence-electron chi connectivity index (χ3n) is 6.30. The second kappa shape index (κ2) is 12.3. The highest BCUT2D eigenvalue weighted by molar-refractivity contribution is 7.99.